The first-order chi connectivity index (χ1) is 7.58. The molecule has 1 heterocycles. The van der Waals surface area contributed by atoms with Crippen LogP contribution in [0.5, 0.6) is 0 Å². The topological polar surface area (TPSA) is 33.1 Å². The van der Waals surface area contributed by atoms with E-state index in [0.717, 1.165) is 20.7 Å². The molecule has 2 aromatic rings. The molecule has 1 atom stereocenters. The minimum Gasteiger partial charge on any atom is -0.387 e. The van der Waals surface area contributed by atoms with E-state index < -0.39 is 6.10 Å². The fraction of sp³-hybridized carbons (Fsp3) is 0.250. The number of hydrogen-bond donors (Lipinski definition) is 1. The lowest BCUT2D eigenvalue weighted by atomic mass is 10.2. The Bertz CT molecular complexity index is 507. The van der Waals surface area contributed by atoms with Crippen LogP contribution in [0.1, 0.15) is 24.3 Å². The molecule has 4 heteroatoms. The third-order valence-corrected chi connectivity index (χ3v) is 4.13. The zero-order valence-electron chi connectivity index (χ0n) is 9.07. The van der Waals surface area contributed by atoms with Gasteiger partial charge in [0.2, 0.25) is 0 Å². The summed E-state index contributed by atoms with van der Waals surface area (Å²) in [7, 11) is 0. The lowest BCUT2D eigenvalue weighted by molar-refractivity contribution is 0.195. The molecule has 0 saturated carbocycles. The molecule has 0 spiro atoms. The van der Waals surface area contributed by atoms with Crippen LogP contribution in [0, 0.1) is 6.92 Å². The molecule has 0 fully saturated rings. The lowest BCUT2D eigenvalue weighted by Gasteiger charge is -2.01. The van der Waals surface area contributed by atoms with E-state index in [1.807, 2.05) is 11.4 Å². The van der Waals surface area contributed by atoms with Crippen LogP contribution in [-0.4, -0.2) is 10.1 Å². The van der Waals surface area contributed by atoms with Crippen LogP contribution in [0.2, 0.25) is 0 Å². The van der Waals surface area contributed by atoms with Crippen LogP contribution in [-0.2, 0) is 0 Å². The summed E-state index contributed by atoms with van der Waals surface area (Å²) in [4.78, 5) is 4.40. The maximum Gasteiger partial charge on any atom is 0.123 e. The van der Waals surface area contributed by atoms with Gasteiger partial charge in [-0.15, -0.1) is 11.3 Å². The van der Waals surface area contributed by atoms with Crippen molar-refractivity contribution >= 4 is 27.3 Å². The maximum absolute atomic E-state index is 9.42. The number of aromatic nitrogens is 1. The quantitative estimate of drug-likeness (QED) is 0.911. The molecule has 2 rings (SSSR count). The molecule has 0 aliphatic rings. The number of aliphatic hydroxyl groups excluding tert-OH is 1. The van der Waals surface area contributed by atoms with Gasteiger partial charge in [0.1, 0.15) is 5.01 Å². The minimum atomic E-state index is -0.501. The average molecular weight is 298 g/mol. The van der Waals surface area contributed by atoms with Gasteiger partial charge in [-0.25, -0.2) is 4.98 Å². The Morgan fingerprint density at radius 1 is 1.44 bits per heavy atom. The number of benzene rings is 1. The number of hydrogen-bond acceptors (Lipinski definition) is 3. The second-order valence-electron chi connectivity index (χ2n) is 3.72. The van der Waals surface area contributed by atoms with Crippen LogP contribution in [0.25, 0.3) is 10.6 Å². The molecule has 1 aromatic carbocycles. The van der Waals surface area contributed by atoms with Gasteiger partial charge >= 0.3 is 0 Å². The zero-order valence-corrected chi connectivity index (χ0v) is 11.5. The lowest BCUT2D eigenvalue weighted by Crippen LogP contribution is -1.90. The van der Waals surface area contributed by atoms with Crippen LogP contribution in [0.4, 0.5) is 0 Å². The van der Waals surface area contributed by atoms with Crippen molar-refractivity contribution in [1.29, 1.82) is 0 Å². The van der Waals surface area contributed by atoms with Gasteiger partial charge < -0.3 is 5.11 Å². The van der Waals surface area contributed by atoms with E-state index in [9.17, 15) is 5.11 Å². The highest BCUT2D eigenvalue weighted by Gasteiger charge is 2.09. The molecule has 2 nitrogen and oxygen atoms in total. The van der Waals surface area contributed by atoms with Crippen molar-refractivity contribution in [2.75, 3.05) is 0 Å². The Morgan fingerprint density at radius 3 is 2.75 bits per heavy atom. The van der Waals surface area contributed by atoms with Crippen molar-refractivity contribution in [2.24, 2.45) is 0 Å². The molecule has 16 heavy (non-hydrogen) atoms. The maximum atomic E-state index is 9.42. The molecule has 0 saturated heterocycles. The standard InChI is InChI=1S/C12H12BrNOS/c1-7-3-4-9(5-10(7)13)12-14-11(6-16-12)8(2)15/h3-6,8,15H,1-2H3. The highest BCUT2D eigenvalue weighted by Crippen LogP contribution is 2.29. The molecule has 1 N–H and O–H groups in total. The highest BCUT2D eigenvalue weighted by atomic mass is 79.9. The second-order valence-corrected chi connectivity index (χ2v) is 5.43. The molecule has 0 aliphatic heterocycles. The van der Waals surface area contributed by atoms with Crippen LogP contribution < -0.4 is 0 Å². The Balaban J connectivity index is 2.39. The largest absolute Gasteiger partial charge is 0.387 e. The molecular formula is C12H12BrNOS. The molecule has 1 unspecified atom stereocenters. The molecular weight excluding hydrogens is 286 g/mol. The molecule has 0 amide bonds. The predicted octanol–water partition coefficient (Wildman–Crippen LogP) is 3.93. The fourth-order valence-corrected chi connectivity index (χ4v) is 2.62. The first-order valence-electron chi connectivity index (χ1n) is 4.98. The summed E-state index contributed by atoms with van der Waals surface area (Å²) in [5.41, 5.74) is 3.02. The summed E-state index contributed by atoms with van der Waals surface area (Å²) in [5.74, 6) is 0. The average Bonchev–Trinajstić information content (AvgIpc) is 2.71. The van der Waals surface area contributed by atoms with E-state index in [1.165, 1.54) is 5.56 Å². The van der Waals surface area contributed by atoms with Gasteiger partial charge in [0, 0.05) is 15.4 Å². The van der Waals surface area contributed by atoms with Gasteiger partial charge in [-0.05, 0) is 25.5 Å². The number of nitrogens with zero attached hydrogens (tertiary/aromatic N) is 1. The number of rotatable bonds is 2. The molecule has 0 bridgehead atoms. The van der Waals surface area contributed by atoms with Gasteiger partial charge in [-0.1, -0.05) is 28.1 Å². The van der Waals surface area contributed by atoms with Gasteiger partial charge in [0.15, 0.2) is 0 Å². The third-order valence-electron chi connectivity index (χ3n) is 2.37. The first kappa shape index (κ1) is 11.8. The normalized spacial score (nSPS) is 12.8. The van der Waals surface area contributed by atoms with Gasteiger partial charge in [0.25, 0.3) is 0 Å². The van der Waals surface area contributed by atoms with Gasteiger partial charge in [-0.3, -0.25) is 0 Å². The summed E-state index contributed by atoms with van der Waals surface area (Å²) in [6, 6.07) is 6.16. The molecule has 0 aliphatic carbocycles. The van der Waals surface area contributed by atoms with E-state index in [4.69, 9.17) is 0 Å². The smallest absolute Gasteiger partial charge is 0.123 e. The van der Waals surface area contributed by atoms with E-state index >= 15 is 0 Å². The second kappa shape index (κ2) is 4.65. The van der Waals surface area contributed by atoms with Crippen LogP contribution in [0.15, 0.2) is 28.1 Å². The van der Waals surface area contributed by atoms with Crippen molar-refractivity contribution in [2.45, 2.75) is 20.0 Å². The first-order valence-corrected chi connectivity index (χ1v) is 6.65. The third kappa shape index (κ3) is 2.34. The Labute approximate surface area is 107 Å². The monoisotopic (exact) mass is 297 g/mol. The van der Waals surface area contributed by atoms with Gasteiger partial charge in [-0.2, -0.15) is 0 Å². The predicted molar refractivity (Wildman–Crippen MR) is 70.6 cm³/mol. The summed E-state index contributed by atoms with van der Waals surface area (Å²) < 4.78 is 1.08. The molecule has 1 aromatic heterocycles. The van der Waals surface area contributed by atoms with E-state index in [1.54, 1.807) is 18.3 Å². The molecule has 0 radical (unpaired) electrons. The van der Waals surface area contributed by atoms with Crippen molar-refractivity contribution in [3.05, 3.63) is 39.3 Å². The van der Waals surface area contributed by atoms with Gasteiger partial charge in [0.05, 0.1) is 11.8 Å². The fourth-order valence-electron chi connectivity index (χ4n) is 1.34. The van der Waals surface area contributed by atoms with Crippen LogP contribution in [0.3, 0.4) is 0 Å². The zero-order chi connectivity index (χ0) is 11.7. The van der Waals surface area contributed by atoms with Crippen molar-refractivity contribution < 1.29 is 5.11 Å². The van der Waals surface area contributed by atoms with Crippen LogP contribution >= 0.6 is 27.3 Å². The van der Waals surface area contributed by atoms with Crippen molar-refractivity contribution in [1.82, 2.24) is 4.98 Å². The number of aryl methyl sites for hydroxylation is 1. The highest BCUT2D eigenvalue weighted by molar-refractivity contribution is 9.10. The van der Waals surface area contributed by atoms with Crippen molar-refractivity contribution in [3.8, 4) is 10.6 Å². The summed E-state index contributed by atoms with van der Waals surface area (Å²) in [6.07, 6.45) is -0.501. The number of halogens is 1. The van der Waals surface area contributed by atoms with E-state index in [2.05, 4.69) is 40.0 Å². The van der Waals surface area contributed by atoms with E-state index in [0.29, 0.717) is 0 Å². The summed E-state index contributed by atoms with van der Waals surface area (Å²) in [5, 5.41) is 12.3. The minimum absolute atomic E-state index is 0.501. The number of thiazole rings is 1. The number of aliphatic hydroxyl groups is 1. The summed E-state index contributed by atoms with van der Waals surface area (Å²) in [6.45, 7) is 3.78. The van der Waals surface area contributed by atoms with Crippen molar-refractivity contribution in [3.63, 3.8) is 0 Å². The Morgan fingerprint density at radius 2 is 2.19 bits per heavy atom. The van der Waals surface area contributed by atoms with E-state index in [-0.39, 0.29) is 0 Å². The Hall–Kier alpha value is -0.710. The SMILES string of the molecule is Cc1ccc(-c2nc(C(C)O)cs2)cc1Br. The molecule has 84 valence electrons. The summed E-state index contributed by atoms with van der Waals surface area (Å²) >= 11 is 5.06. The Kier molecular flexibility index (Phi) is 3.42.